The summed E-state index contributed by atoms with van der Waals surface area (Å²) >= 11 is 0. The molecule has 0 saturated carbocycles. The zero-order valence-electron chi connectivity index (χ0n) is 16.9. The molecule has 1 amide bonds. The van der Waals surface area contributed by atoms with Crippen LogP contribution < -0.4 is 16.0 Å². The summed E-state index contributed by atoms with van der Waals surface area (Å²) in [5.74, 6) is 0.968. The molecule has 0 spiro atoms. The van der Waals surface area contributed by atoms with E-state index in [0.717, 1.165) is 19.5 Å². The molecule has 0 aliphatic carbocycles. The Balaban J connectivity index is 2.36. The van der Waals surface area contributed by atoms with Crippen molar-refractivity contribution >= 4 is 12.1 Å². The molecule has 1 aromatic rings. The lowest BCUT2D eigenvalue weighted by molar-refractivity contribution is 0.0491. The molecule has 0 aliphatic rings. The predicted octanol–water partition coefficient (Wildman–Crippen LogP) is 1.99. The SMILES string of the molecule is CN=C(NCCCn1cccn1)NCC(NC(=O)OC(C)(C)C)C(C)C. The van der Waals surface area contributed by atoms with Gasteiger partial charge in [-0.3, -0.25) is 9.67 Å². The molecule has 0 aliphatic heterocycles. The van der Waals surface area contributed by atoms with Gasteiger partial charge in [-0.25, -0.2) is 4.79 Å². The second-order valence-electron chi connectivity index (χ2n) is 7.50. The van der Waals surface area contributed by atoms with Gasteiger partial charge in [-0.1, -0.05) is 13.8 Å². The van der Waals surface area contributed by atoms with Crippen LogP contribution in [0, 0.1) is 5.92 Å². The number of aromatic nitrogens is 2. The fraction of sp³-hybridized carbons (Fsp3) is 0.722. The van der Waals surface area contributed by atoms with E-state index in [-0.39, 0.29) is 12.0 Å². The predicted molar refractivity (Wildman–Crippen MR) is 104 cm³/mol. The lowest BCUT2D eigenvalue weighted by Crippen LogP contribution is -2.50. The maximum absolute atomic E-state index is 12.0. The quantitative estimate of drug-likeness (QED) is 0.372. The summed E-state index contributed by atoms with van der Waals surface area (Å²) in [4.78, 5) is 16.2. The number of nitrogens with one attached hydrogen (secondary N) is 3. The van der Waals surface area contributed by atoms with Gasteiger partial charge in [0.15, 0.2) is 5.96 Å². The number of guanidine groups is 1. The second kappa shape index (κ2) is 10.7. The minimum atomic E-state index is -0.509. The first kappa shape index (κ1) is 21.8. The number of hydrogen-bond donors (Lipinski definition) is 3. The molecule has 148 valence electrons. The monoisotopic (exact) mass is 366 g/mol. The van der Waals surface area contributed by atoms with Gasteiger partial charge < -0.3 is 20.7 Å². The number of aryl methyl sites for hydroxylation is 1. The number of carbonyl (C=O) groups is 1. The smallest absolute Gasteiger partial charge is 0.407 e. The first-order chi connectivity index (χ1) is 12.2. The van der Waals surface area contributed by atoms with Crippen LogP contribution in [-0.4, -0.2) is 53.6 Å². The van der Waals surface area contributed by atoms with Crippen molar-refractivity contribution in [1.82, 2.24) is 25.7 Å². The highest BCUT2D eigenvalue weighted by Crippen LogP contribution is 2.08. The molecule has 0 bridgehead atoms. The van der Waals surface area contributed by atoms with Gasteiger partial charge in [0.1, 0.15) is 5.60 Å². The fourth-order valence-corrected chi connectivity index (χ4v) is 2.22. The molecular weight excluding hydrogens is 332 g/mol. The lowest BCUT2D eigenvalue weighted by atomic mass is 10.0. The van der Waals surface area contributed by atoms with Crippen LogP contribution in [0.5, 0.6) is 0 Å². The van der Waals surface area contributed by atoms with Crippen LogP contribution in [0.4, 0.5) is 4.79 Å². The maximum atomic E-state index is 12.0. The molecule has 0 saturated heterocycles. The molecule has 1 unspecified atom stereocenters. The molecule has 0 fully saturated rings. The molecule has 0 radical (unpaired) electrons. The number of rotatable bonds is 8. The molecule has 8 nitrogen and oxygen atoms in total. The number of amides is 1. The molecular formula is C18H34N6O2. The van der Waals surface area contributed by atoms with E-state index in [9.17, 15) is 4.79 Å². The number of carbonyl (C=O) groups excluding carboxylic acids is 1. The van der Waals surface area contributed by atoms with Crippen molar-refractivity contribution in [3.05, 3.63) is 18.5 Å². The summed E-state index contributed by atoms with van der Waals surface area (Å²) in [5, 5.41) is 13.6. The van der Waals surface area contributed by atoms with E-state index in [4.69, 9.17) is 4.74 Å². The molecule has 26 heavy (non-hydrogen) atoms. The summed E-state index contributed by atoms with van der Waals surface area (Å²) in [6.07, 6.45) is 4.26. The highest BCUT2D eigenvalue weighted by atomic mass is 16.6. The number of hydrogen-bond acceptors (Lipinski definition) is 4. The summed E-state index contributed by atoms with van der Waals surface area (Å²) in [5.41, 5.74) is -0.509. The Morgan fingerprint density at radius 1 is 1.31 bits per heavy atom. The minimum Gasteiger partial charge on any atom is -0.444 e. The number of ether oxygens (including phenoxy) is 1. The molecule has 0 aromatic carbocycles. The van der Waals surface area contributed by atoms with E-state index in [0.29, 0.717) is 12.5 Å². The molecule has 1 rings (SSSR count). The highest BCUT2D eigenvalue weighted by Gasteiger charge is 2.21. The molecule has 3 N–H and O–H groups in total. The van der Waals surface area contributed by atoms with Crippen molar-refractivity contribution in [3.63, 3.8) is 0 Å². The summed E-state index contributed by atoms with van der Waals surface area (Å²) in [6, 6.07) is 1.85. The van der Waals surface area contributed by atoms with E-state index in [1.54, 1.807) is 13.2 Å². The summed E-state index contributed by atoms with van der Waals surface area (Å²) in [7, 11) is 1.73. The van der Waals surface area contributed by atoms with Gasteiger partial charge in [0.05, 0.1) is 6.04 Å². The average Bonchev–Trinajstić information content (AvgIpc) is 3.04. The molecule has 1 aromatic heterocycles. The van der Waals surface area contributed by atoms with Crippen molar-refractivity contribution in [2.75, 3.05) is 20.1 Å². The topological polar surface area (TPSA) is 92.6 Å². The van der Waals surface area contributed by atoms with Crippen LogP contribution in [0.3, 0.4) is 0 Å². The van der Waals surface area contributed by atoms with E-state index in [2.05, 4.69) is 39.9 Å². The van der Waals surface area contributed by atoms with E-state index in [1.807, 2.05) is 37.7 Å². The number of nitrogens with zero attached hydrogens (tertiary/aromatic N) is 3. The minimum absolute atomic E-state index is 0.0625. The van der Waals surface area contributed by atoms with Gasteiger partial charge in [0.2, 0.25) is 0 Å². The van der Waals surface area contributed by atoms with Crippen molar-refractivity contribution in [2.24, 2.45) is 10.9 Å². The summed E-state index contributed by atoms with van der Waals surface area (Å²) < 4.78 is 7.23. The van der Waals surface area contributed by atoms with Gasteiger partial charge in [-0.2, -0.15) is 5.10 Å². The Kier molecular flexibility index (Phi) is 8.95. The third-order valence-corrected chi connectivity index (χ3v) is 3.64. The zero-order valence-corrected chi connectivity index (χ0v) is 16.9. The highest BCUT2D eigenvalue weighted by molar-refractivity contribution is 5.79. The van der Waals surface area contributed by atoms with Crippen LogP contribution >= 0.6 is 0 Å². The summed E-state index contributed by atoms with van der Waals surface area (Å²) in [6.45, 7) is 11.9. The van der Waals surface area contributed by atoms with Crippen molar-refractivity contribution in [1.29, 1.82) is 0 Å². The largest absolute Gasteiger partial charge is 0.444 e. The van der Waals surface area contributed by atoms with Gasteiger partial charge >= 0.3 is 6.09 Å². The standard InChI is InChI=1S/C18H34N6O2/c1-14(2)15(23-17(25)26-18(3,4)5)13-21-16(19-6)20-9-7-11-24-12-8-10-22-24/h8,10,12,14-15H,7,9,11,13H2,1-6H3,(H,23,25)(H2,19,20,21). The number of aliphatic imine (C=N–C) groups is 1. The van der Waals surface area contributed by atoms with Crippen molar-refractivity contribution in [3.8, 4) is 0 Å². The molecule has 1 heterocycles. The van der Waals surface area contributed by atoms with E-state index in [1.165, 1.54) is 0 Å². The Morgan fingerprint density at radius 2 is 2.04 bits per heavy atom. The average molecular weight is 367 g/mol. The zero-order chi connectivity index (χ0) is 19.6. The normalized spacial score (nSPS) is 13.4. The van der Waals surface area contributed by atoms with E-state index >= 15 is 0 Å². The molecule has 1 atom stereocenters. The Bertz CT molecular complexity index is 549. The maximum Gasteiger partial charge on any atom is 0.407 e. The Hall–Kier alpha value is -2.25. The van der Waals surface area contributed by atoms with Crippen LogP contribution in [0.1, 0.15) is 41.0 Å². The molecule has 8 heteroatoms. The van der Waals surface area contributed by atoms with Crippen LogP contribution in [0.2, 0.25) is 0 Å². The fourth-order valence-electron chi connectivity index (χ4n) is 2.22. The van der Waals surface area contributed by atoms with Crippen molar-refractivity contribution < 1.29 is 9.53 Å². The third-order valence-electron chi connectivity index (χ3n) is 3.64. The van der Waals surface area contributed by atoms with Gasteiger partial charge in [-0.05, 0) is 39.2 Å². The van der Waals surface area contributed by atoms with Gasteiger partial charge in [0, 0.05) is 39.1 Å². The van der Waals surface area contributed by atoms with Crippen LogP contribution in [-0.2, 0) is 11.3 Å². The first-order valence-corrected chi connectivity index (χ1v) is 9.12. The Labute approximate surface area is 156 Å². The third kappa shape index (κ3) is 9.29. The first-order valence-electron chi connectivity index (χ1n) is 9.12. The second-order valence-corrected chi connectivity index (χ2v) is 7.50. The lowest BCUT2D eigenvalue weighted by Gasteiger charge is -2.26. The van der Waals surface area contributed by atoms with Crippen molar-refractivity contribution in [2.45, 2.75) is 59.2 Å². The Morgan fingerprint density at radius 3 is 2.58 bits per heavy atom. The van der Waals surface area contributed by atoms with Gasteiger partial charge in [0.25, 0.3) is 0 Å². The number of alkyl carbamates (subject to hydrolysis) is 1. The van der Waals surface area contributed by atoms with Crippen LogP contribution in [0.25, 0.3) is 0 Å². The van der Waals surface area contributed by atoms with Gasteiger partial charge in [-0.15, -0.1) is 0 Å². The van der Waals surface area contributed by atoms with Crippen LogP contribution in [0.15, 0.2) is 23.5 Å². The van der Waals surface area contributed by atoms with E-state index < -0.39 is 11.7 Å².